The van der Waals surface area contributed by atoms with Crippen molar-refractivity contribution in [3.05, 3.63) is 70.9 Å². The van der Waals surface area contributed by atoms with E-state index in [0.717, 1.165) is 23.0 Å². The number of aromatic nitrogens is 4. The summed E-state index contributed by atoms with van der Waals surface area (Å²) < 4.78 is 38.4. The summed E-state index contributed by atoms with van der Waals surface area (Å²) in [6.45, 7) is 7.69. The fourth-order valence-corrected chi connectivity index (χ4v) is 3.99. The van der Waals surface area contributed by atoms with Gasteiger partial charge in [0.15, 0.2) is 17.3 Å². The standard InChI is InChI=1S/C26H29F2N5O2/c1-15-18(23(31-32(15)5)25(34)26(2,3)4)10-11-35-24-19(7-8-20(27)22(24)28)16-6-9-21-30-13-17(12-29)33(21)14-16/h6-9,13-14H,10-12,29H2,1-5H3. The van der Waals surface area contributed by atoms with Crippen molar-refractivity contribution in [2.75, 3.05) is 6.61 Å². The third-order valence-electron chi connectivity index (χ3n) is 6.11. The molecule has 2 N–H and O–H groups in total. The number of nitrogens with zero attached hydrogens (tertiary/aromatic N) is 4. The zero-order chi connectivity index (χ0) is 25.5. The molecular formula is C26H29F2N5O2. The summed E-state index contributed by atoms with van der Waals surface area (Å²) in [4.78, 5) is 17.2. The number of rotatable bonds is 7. The number of imidazole rings is 1. The van der Waals surface area contributed by atoms with Crippen molar-refractivity contribution in [1.29, 1.82) is 0 Å². The van der Waals surface area contributed by atoms with Gasteiger partial charge >= 0.3 is 0 Å². The molecule has 0 saturated carbocycles. The Labute approximate surface area is 202 Å². The molecule has 3 aromatic heterocycles. The quantitative estimate of drug-likeness (QED) is 0.389. The fourth-order valence-electron chi connectivity index (χ4n) is 3.99. The van der Waals surface area contributed by atoms with Crippen molar-refractivity contribution in [3.63, 3.8) is 0 Å². The smallest absolute Gasteiger partial charge is 0.201 e. The predicted octanol–water partition coefficient (Wildman–Crippen LogP) is 4.63. The first-order valence-corrected chi connectivity index (χ1v) is 11.4. The van der Waals surface area contributed by atoms with Gasteiger partial charge in [-0.05, 0) is 31.2 Å². The lowest BCUT2D eigenvalue weighted by molar-refractivity contribution is 0.0851. The lowest BCUT2D eigenvalue weighted by atomic mass is 9.87. The molecule has 4 aromatic rings. The highest BCUT2D eigenvalue weighted by Crippen LogP contribution is 2.34. The van der Waals surface area contributed by atoms with Crippen molar-refractivity contribution in [1.82, 2.24) is 19.2 Å². The fraction of sp³-hybridized carbons (Fsp3) is 0.346. The average Bonchev–Trinajstić information content (AvgIpc) is 3.35. The third-order valence-corrected chi connectivity index (χ3v) is 6.11. The van der Waals surface area contributed by atoms with Crippen molar-refractivity contribution in [2.24, 2.45) is 18.2 Å². The maximum atomic E-state index is 14.9. The Bertz CT molecular complexity index is 1420. The summed E-state index contributed by atoms with van der Waals surface area (Å²) in [5.41, 5.74) is 9.63. The largest absolute Gasteiger partial charge is 0.489 e. The van der Waals surface area contributed by atoms with E-state index in [1.54, 1.807) is 36.3 Å². The van der Waals surface area contributed by atoms with Crippen LogP contribution in [-0.2, 0) is 20.0 Å². The number of aryl methyl sites for hydroxylation is 1. The first kappa shape index (κ1) is 24.5. The summed E-state index contributed by atoms with van der Waals surface area (Å²) in [5, 5.41) is 4.40. The molecule has 4 rings (SSSR count). The summed E-state index contributed by atoms with van der Waals surface area (Å²) in [6.07, 6.45) is 3.76. The lowest BCUT2D eigenvalue weighted by Gasteiger charge is -2.17. The van der Waals surface area contributed by atoms with Gasteiger partial charge in [-0.3, -0.25) is 9.48 Å². The Hall–Kier alpha value is -3.59. The second kappa shape index (κ2) is 9.22. The van der Waals surface area contributed by atoms with Crippen LogP contribution in [0.25, 0.3) is 16.8 Å². The summed E-state index contributed by atoms with van der Waals surface area (Å²) in [5.74, 6) is -2.35. The number of Topliss-reactive ketones (excluding diaryl/α,β-unsaturated/α-hetero) is 1. The number of hydrogen-bond acceptors (Lipinski definition) is 5. The topological polar surface area (TPSA) is 87.4 Å². The van der Waals surface area contributed by atoms with Crippen LogP contribution in [0.2, 0.25) is 0 Å². The highest BCUT2D eigenvalue weighted by atomic mass is 19.2. The van der Waals surface area contributed by atoms with Gasteiger partial charge in [0.25, 0.3) is 0 Å². The summed E-state index contributed by atoms with van der Waals surface area (Å²) in [6, 6.07) is 6.11. The molecule has 0 saturated heterocycles. The van der Waals surface area contributed by atoms with Crippen LogP contribution < -0.4 is 10.5 Å². The van der Waals surface area contributed by atoms with E-state index in [1.165, 1.54) is 6.07 Å². The molecule has 0 unspecified atom stereocenters. The molecule has 0 spiro atoms. The lowest BCUT2D eigenvalue weighted by Crippen LogP contribution is -2.22. The molecule has 1 aromatic carbocycles. The Kier molecular flexibility index (Phi) is 6.46. The van der Waals surface area contributed by atoms with Gasteiger partial charge in [-0.2, -0.15) is 9.49 Å². The van der Waals surface area contributed by atoms with Gasteiger partial charge in [-0.1, -0.05) is 20.8 Å². The van der Waals surface area contributed by atoms with Gasteiger partial charge in [0.2, 0.25) is 5.82 Å². The molecule has 35 heavy (non-hydrogen) atoms. The molecule has 0 fully saturated rings. The number of nitrogens with two attached hydrogens (primary N) is 1. The van der Waals surface area contributed by atoms with Gasteiger partial charge in [0, 0.05) is 54.0 Å². The predicted molar refractivity (Wildman–Crippen MR) is 129 cm³/mol. The zero-order valence-corrected chi connectivity index (χ0v) is 20.5. The highest BCUT2D eigenvalue weighted by Gasteiger charge is 2.29. The molecule has 0 aliphatic heterocycles. The molecular weight excluding hydrogens is 452 g/mol. The van der Waals surface area contributed by atoms with Crippen LogP contribution in [0.3, 0.4) is 0 Å². The number of pyridine rings is 1. The van der Waals surface area contributed by atoms with Crippen LogP contribution in [0.4, 0.5) is 8.78 Å². The first-order valence-electron chi connectivity index (χ1n) is 11.4. The Balaban J connectivity index is 1.66. The zero-order valence-electron chi connectivity index (χ0n) is 20.5. The van der Waals surface area contributed by atoms with E-state index in [2.05, 4.69) is 10.1 Å². The Morgan fingerprint density at radius 2 is 1.91 bits per heavy atom. The monoisotopic (exact) mass is 481 g/mol. The molecule has 0 atom stereocenters. The highest BCUT2D eigenvalue weighted by molar-refractivity contribution is 5.99. The van der Waals surface area contributed by atoms with Crippen molar-refractivity contribution in [2.45, 2.75) is 40.7 Å². The maximum Gasteiger partial charge on any atom is 0.201 e. The Morgan fingerprint density at radius 3 is 2.60 bits per heavy atom. The molecule has 184 valence electrons. The molecule has 0 amide bonds. The van der Waals surface area contributed by atoms with Crippen LogP contribution in [0.15, 0.2) is 36.7 Å². The van der Waals surface area contributed by atoms with E-state index >= 15 is 0 Å². The molecule has 0 bridgehead atoms. The van der Waals surface area contributed by atoms with E-state index in [4.69, 9.17) is 10.5 Å². The normalized spacial score (nSPS) is 11.9. The second-order valence-corrected chi connectivity index (χ2v) is 9.55. The molecule has 7 nitrogen and oxygen atoms in total. The summed E-state index contributed by atoms with van der Waals surface area (Å²) >= 11 is 0. The number of hydrogen-bond donors (Lipinski definition) is 1. The van der Waals surface area contributed by atoms with Gasteiger partial charge < -0.3 is 14.9 Å². The number of ether oxygens (including phenoxy) is 1. The SMILES string of the molecule is Cc1c(CCOc2c(-c3ccc4ncc(CN)n4c3)ccc(F)c2F)c(C(=O)C(C)(C)C)nn1C. The van der Waals surface area contributed by atoms with Crippen LogP contribution in [0, 0.1) is 24.0 Å². The molecule has 0 aliphatic rings. The van der Waals surface area contributed by atoms with E-state index in [9.17, 15) is 13.6 Å². The molecule has 0 radical (unpaired) electrons. The number of benzene rings is 1. The number of halogens is 2. The van der Waals surface area contributed by atoms with Gasteiger partial charge in [-0.25, -0.2) is 9.37 Å². The first-order chi connectivity index (χ1) is 16.5. The number of carbonyl (C=O) groups is 1. The number of ketones is 1. The minimum Gasteiger partial charge on any atom is -0.489 e. The van der Waals surface area contributed by atoms with Crippen LogP contribution in [0.5, 0.6) is 5.75 Å². The van der Waals surface area contributed by atoms with Gasteiger partial charge in [-0.15, -0.1) is 0 Å². The van der Waals surface area contributed by atoms with E-state index in [-0.39, 0.29) is 24.7 Å². The van der Waals surface area contributed by atoms with Crippen LogP contribution in [-0.4, -0.2) is 31.6 Å². The molecule has 0 aliphatic carbocycles. The van der Waals surface area contributed by atoms with Gasteiger partial charge in [0.05, 0.1) is 18.5 Å². The Morgan fingerprint density at radius 1 is 1.17 bits per heavy atom. The van der Waals surface area contributed by atoms with Crippen molar-refractivity contribution >= 4 is 11.4 Å². The van der Waals surface area contributed by atoms with E-state index < -0.39 is 17.0 Å². The van der Waals surface area contributed by atoms with Crippen LogP contribution >= 0.6 is 0 Å². The van der Waals surface area contributed by atoms with Gasteiger partial charge in [0.1, 0.15) is 11.3 Å². The third kappa shape index (κ3) is 4.55. The minimum absolute atomic E-state index is 0.0334. The second-order valence-electron chi connectivity index (χ2n) is 9.55. The maximum absolute atomic E-state index is 14.9. The minimum atomic E-state index is -1.07. The molecule has 3 heterocycles. The van der Waals surface area contributed by atoms with Crippen LogP contribution in [0.1, 0.15) is 48.2 Å². The van der Waals surface area contributed by atoms with E-state index in [1.807, 2.05) is 32.1 Å². The number of carbonyl (C=O) groups excluding carboxylic acids is 1. The van der Waals surface area contributed by atoms with Crippen molar-refractivity contribution in [3.8, 4) is 16.9 Å². The van der Waals surface area contributed by atoms with E-state index in [0.29, 0.717) is 28.9 Å². The molecule has 9 heteroatoms. The van der Waals surface area contributed by atoms with Crippen molar-refractivity contribution < 1.29 is 18.3 Å². The number of fused-ring (bicyclic) bond motifs is 1. The summed E-state index contributed by atoms with van der Waals surface area (Å²) in [7, 11) is 1.77. The average molecular weight is 482 g/mol.